The smallest absolute Gasteiger partial charge is 0.304 e. The van der Waals surface area contributed by atoms with Crippen LogP contribution in [0.2, 0.25) is 0 Å². The fraction of sp³-hybridized carbons (Fsp3) is 0.400. The highest BCUT2D eigenvalue weighted by Crippen LogP contribution is 2.24. The van der Waals surface area contributed by atoms with Gasteiger partial charge in [-0.25, -0.2) is 0 Å². The van der Waals surface area contributed by atoms with Crippen molar-refractivity contribution >= 4 is 33.7 Å². The second-order valence-electron chi connectivity index (χ2n) is 4.98. The highest BCUT2D eigenvalue weighted by Gasteiger charge is 2.35. The molecular weight excluding hydrogens is 354 g/mol. The van der Waals surface area contributed by atoms with Gasteiger partial charge in [0.1, 0.15) is 0 Å². The minimum atomic E-state index is -0.940. The Labute approximate surface area is 136 Å². The minimum absolute atomic E-state index is 0.0966. The highest BCUT2D eigenvalue weighted by molar-refractivity contribution is 9.09. The van der Waals surface area contributed by atoms with Gasteiger partial charge in [-0.05, 0) is 18.6 Å². The number of aliphatic carboxylic acids is 1. The van der Waals surface area contributed by atoms with E-state index in [9.17, 15) is 14.4 Å². The molecule has 1 aliphatic rings. The van der Waals surface area contributed by atoms with Crippen LogP contribution in [-0.2, 0) is 9.53 Å². The Morgan fingerprint density at radius 2 is 1.82 bits per heavy atom. The van der Waals surface area contributed by atoms with E-state index < -0.39 is 12.1 Å². The lowest BCUT2D eigenvalue weighted by molar-refractivity contribution is -0.137. The third-order valence-electron chi connectivity index (χ3n) is 3.59. The molecule has 0 unspecified atom stereocenters. The fourth-order valence-corrected chi connectivity index (χ4v) is 3.20. The number of amides is 2. The van der Waals surface area contributed by atoms with Gasteiger partial charge in [0.15, 0.2) is 0 Å². The Kier molecular flexibility index (Phi) is 5.31. The van der Waals surface area contributed by atoms with E-state index in [0.717, 1.165) is 0 Å². The number of hydrogen-bond donors (Lipinski definition) is 1. The van der Waals surface area contributed by atoms with Gasteiger partial charge < -0.3 is 9.84 Å². The van der Waals surface area contributed by atoms with Crippen molar-refractivity contribution in [2.75, 3.05) is 13.7 Å². The maximum Gasteiger partial charge on any atom is 0.304 e. The molecule has 6 nitrogen and oxygen atoms in total. The third kappa shape index (κ3) is 3.36. The number of methoxy groups -OCH3 is 1. The van der Waals surface area contributed by atoms with E-state index in [4.69, 9.17) is 9.84 Å². The number of nitrogens with zero attached hydrogens (tertiary/aromatic N) is 1. The van der Waals surface area contributed by atoms with Crippen molar-refractivity contribution < 1.29 is 24.2 Å². The molecule has 1 aromatic rings. The average Bonchev–Trinajstić information content (AvgIpc) is 2.72. The molecule has 0 saturated carbocycles. The number of carboxylic acid groups (broad SMARTS) is 1. The monoisotopic (exact) mass is 369 g/mol. The first kappa shape index (κ1) is 16.6. The summed E-state index contributed by atoms with van der Waals surface area (Å²) in [4.78, 5) is 36.0. The number of ether oxygens (including phenoxy) is 1. The number of carbonyl (C=O) groups excluding carboxylic acids is 2. The summed E-state index contributed by atoms with van der Waals surface area (Å²) in [5.74, 6) is -1.58. The molecule has 1 N–H and O–H groups in total. The molecule has 0 bridgehead atoms. The summed E-state index contributed by atoms with van der Waals surface area (Å²) in [6.45, 7) is 0.187. The van der Waals surface area contributed by atoms with Crippen molar-refractivity contribution in [3.63, 3.8) is 0 Å². The second kappa shape index (κ2) is 7.02. The molecule has 22 heavy (non-hydrogen) atoms. The zero-order valence-corrected chi connectivity index (χ0v) is 13.6. The predicted molar refractivity (Wildman–Crippen MR) is 82.2 cm³/mol. The molecule has 1 aromatic carbocycles. The number of carbonyl (C=O) groups is 3. The Morgan fingerprint density at radius 3 is 2.27 bits per heavy atom. The highest BCUT2D eigenvalue weighted by atomic mass is 79.9. The van der Waals surface area contributed by atoms with Crippen LogP contribution in [0.25, 0.3) is 0 Å². The normalized spacial score (nSPS) is 16.5. The van der Waals surface area contributed by atoms with Gasteiger partial charge in [-0.2, -0.15) is 0 Å². The first-order valence-corrected chi connectivity index (χ1v) is 7.71. The summed E-state index contributed by atoms with van der Waals surface area (Å²) in [7, 11) is 1.48. The maximum absolute atomic E-state index is 12.2. The number of benzene rings is 1. The van der Waals surface area contributed by atoms with Crippen LogP contribution in [0.5, 0.6) is 0 Å². The number of rotatable bonds is 7. The summed E-state index contributed by atoms with van der Waals surface area (Å²) >= 11 is 3.28. The van der Waals surface area contributed by atoms with Gasteiger partial charge in [0.2, 0.25) is 0 Å². The number of imide groups is 1. The summed E-state index contributed by atoms with van der Waals surface area (Å²) in [5, 5.41) is 8.81. The average molecular weight is 370 g/mol. The van der Waals surface area contributed by atoms with Crippen molar-refractivity contribution in [1.82, 2.24) is 4.90 Å². The van der Waals surface area contributed by atoms with Crippen molar-refractivity contribution in [2.45, 2.75) is 23.8 Å². The maximum atomic E-state index is 12.2. The Morgan fingerprint density at radius 1 is 1.27 bits per heavy atom. The molecule has 0 fully saturated rings. The molecule has 0 radical (unpaired) electrons. The van der Waals surface area contributed by atoms with Gasteiger partial charge in [-0.15, -0.1) is 0 Å². The van der Waals surface area contributed by atoms with E-state index >= 15 is 0 Å². The van der Waals surface area contributed by atoms with Crippen LogP contribution in [0.15, 0.2) is 24.3 Å². The molecule has 118 valence electrons. The van der Waals surface area contributed by atoms with E-state index in [1.807, 2.05) is 0 Å². The van der Waals surface area contributed by atoms with Gasteiger partial charge in [0.25, 0.3) is 11.8 Å². The summed E-state index contributed by atoms with van der Waals surface area (Å²) in [6, 6.07) is 6.68. The molecule has 1 aliphatic heterocycles. The van der Waals surface area contributed by atoms with Gasteiger partial charge in [-0.3, -0.25) is 19.3 Å². The van der Waals surface area contributed by atoms with E-state index in [-0.39, 0.29) is 29.6 Å². The zero-order chi connectivity index (χ0) is 16.3. The van der Waals surface area contributed by atoms with Crippen molar-refractivity contribution in [2.24, 2.45) is 0 Å². The van der Waals surface area contributed by atoms with E-state index in [0.29, 0.717) is 17.5 Å². The largest absolute Gasteiger partial charge is 0.481 e. The van der Waals surface area contributed by atoms with Crippen LogP contribution in [0.4, 0.5) is 0 Å². The Balaban J connectivity index is 2.01. The van der Waals surface area contributed by atoms with Crippen molar-refractivity contribution in [3.05, 3.63) is 35.4 Å². The van der Waals surface area contributed by atoms with Gasteiger partial charge in [0, 0.05) is 13.7 Å². The molecule has 2 amide bonds. The van der Waals surface area contributed by atoms with Crippen LogP contribution in [0.3, 0.4) is 0 Å². The Bertz CT molecular complexity index is 568. The third-order valence-corrected chi connectivity index (χ3v) is 4.50. The van der Waals surface area contributed by atoms with Crippen LogP contribution >= 0.6 is 15.9 Å². The Hall–Kier alpha value is -1.73. The first-order chi connectivity index (χ1) is 10.5. The predicted octanol–water partition coefficient (Wildman–Crippen LogP) is 1.93. The lowest BCUT2D eigenvalue weighted by Gasteiger charge is -2.22. The van der Waals surface area contributed by atoms with Crippen LogP contribution < -0.4 is 0 Å². The lowest BCUT2D eigenvalue weighted by Crippen LogP contribution is -2.35. The molecular formula is C15H16BrNO5. The first-order valence-electron chi connectivity index (χ1n) is 6.79. The van der Waals surface area contributed by atoms with Gasteiger partial charge in [-0.1, -0.05) is 28.1 Å². The van der Waals surface area contributed by atoms with Crippen LogP contribution in [0.1, 0.15) is 33.6 Å². The second-order valence-corrected chi connectivity index (χ2v) is 6.16. The molecule has 7 heteroatoms. The van der Waals surface area contributed by atoms with Crippen molar-refractivity contribution in [1.29, 1.82) is 0 Å². The molecule has 0 aliphatic carbocycles. The topological polar surface area (TPSA) is 83.9 Å². The summed E-state index contributed by atoms with van der Waals surface area (Å²) < 4.78 is 5.26. The summed E-state index contributed by atoms with van der Waals surface area (Å²) in [6.07, 6.45) is -0.133. The molecule has 0 aromatic heterocycles. The van der Waals surface area contributed by atoms with E-state index in [2.05, 4.69) is 15.9 Å². The molecule has 0 spiro atoms. The van der Waals surface area contributed by atoms with Gasteiger partial charge >= 0.3 is 5.97 Å². The fourth-order valence-electron chi connectivity index (χ4n) is 2.44. The number of hydrogen-bond acceptors (Lipinski definition) is 4. The summed E-state index contributed by atoms with van der Waals surface area (Å²) in [5.41, 5.74) is 0.810. The number of fused-ring (bicyclic) bond motifs is 1. The van der Waals surface area contributed by atoms with Crippen LogP contribution in [0, 0.1) is 0 Å². The quantitative estimate of drug-likeness (QED) is 0.586. The van der Waals surface area contributed by atoms with Crippen molar-refractivity contribution in [3.8, 4) is 0 Å². The molecule has 0 saturated heterocycles. The molecule has 2 atom stereocenters. The number of alkyl halides is 1. The standard InChI is InChI=1S/C15H16BrNO5/c1-22-12(11(16)8-13(18)19)6-7-17-14(20)9-4-2-3-5-10(9)15(17)21/h2-5,11-12H,6-8H2,1H3,(H,18,19)/t11-,12-/m1/s1. The van der Waals surface area contributed by atoms with E-state index in [1.165, 1.54) is 12.0 Å². The van der Waals surface area contributed by atoms with E-state index in [1.54, 1.807) is 24.3 Å². The molecule has 1 heterocycles. The lowest BCUT2D eigenvalue weighted by atomic mass is 10.1. The number of halogens is 1. The van der Waals surface area contributed by atoms with Crippen LogP contribution in [-0.4, -0.2) is 52.4 Å². The minimum Gasteiger partial charge on any atom is -0.481 e. The number of carboxylic acids is 1. The SMILES string of the molecule is CO[C@H](CCN1C(=O)c2ccccc2C1=O)[C@H](Br)CC(=O)O. The zero-order valence-electron chi connectivity index (χ0n) is 12.0. The molecule has 2 rings (SSSR count). The van der Waals surface area contributed by atoms with Gasteiger partial charge in [0.05, 0.1) is 28.5 Å².